The minimum atomic E-state index is 0. The van der Waals surface area contributed by atoms with E-state index in [1.54, 1.807) is 24.3 Å². The van der Waals surface area contributed by atoms with Crippen molar-refractivity contribution in [3.63, 3.8) is 0 Å². The standard InChI is InChI=1S/C12H15ClN2O2.ClH/c13-10-1-3-11(4-2-10)17-9-12(16)15-7-5-14-6-8-15;/h1-4,14H,5-9H2;1H. The van der Waals surface area contributed by atoms with Gasteiger partial charge in [-0.1, -0.05) is 11.6 Å². The molecular formula is C12H16Cl2N2O2. The number of halogens is 2. The van der Waals surface area contributed by atoms with E-state index in [1.807, 2.05) is 4.90 Å². The molecule has 1 fully saturated rings. The molecule has 1 amide bonds. The van der Waals surface area contributed by atoms with Crippen LogP contribution in [-0.2, 0) is 4.79 Å². The van der Waals surface area contributed by atoms with Gasteiger partial charge in [0.2, 0.25) is 0 Å². The molecule has 0 bridgehead atoms. The van der Waals surface area contributed by atoms with Crippen molar-refractivity contribution in [2.75, 3.05) is 32.8 Å². The number of carbonyl (C=O) groups is 1. The summed E-state index contributed by atoms with van der Waals surface area (Å²) in [6, 6.07) is 7.00. The molecule has 1 N–H and O–H groups in total. The largest absolute Gasteiger partial charge is 0.484 e. The lowest BCUT2D eigenvalue weighted by molar-refractivity contribution is -0.133. The van der Waals surface area contributed by atoms with Gasteiger partial charge in [0.15, 0.2) is 6.61 Å². The summed E-state index contributed by atoms with van der Waals surface area (Å²) in [6.07, 6.45) is 0. The Bertz CT molecular complexity index is 378. The van der Waals surface area contributed by atoms with E-state index in [2.05, 4.69) is 5.32 Å². The van der Waals surface area contributed by atoms with Gasteiger partial charge in [0.05, 0.1) is 0 Å². The number of nitrogens with one attached hydrogen (secondary N) is 1. The van der Waals surface area contributed by atoms with Crippen LogP contribution in [0.5, 0.6) is 5.75 Å². The van der Waals surface area contributed by atoms with E-state index in [0.717, 1.165) is 26.2 Å². The van der Waals surface area contributed by atoms with Crippen molar-refractivity contribution < 1.29 is 9.53 Å². The first-order valence-electron chi connectivity index (χ1n) is 5.62. The Kier molecular flexibility index (Phi) is 6.25. The summed E-state index contributed by atoms with van der Waals surface area (Å²) in [6.45, 7) is 3.30. The first-order valence-corrected chi connectivity index (χ1v) is 6.00. The lowest BCUT2D eigenvalue weighted by Gasteiger charge is -2.27. The molecule has 0 spiro atoms. The van der Waals surface area contributed by atoms with E-state index in [0.29, 0.717) is 10.8 Å². The molecule has 0 radical (unpaired) electrons. The SMILES string of the molecule is Cl.O=C(COc1ccc(Cl)cc1)N1CCNCC1. The Morgan fingerprint density at radius 3 is 2.50 bits per heavy atom. The molecule has 1 saturated heterocycles. The quantitative estimate of drug-likeness (QED) is 0.919. The number of ether oxygens (including phenoxy) is 1. The Hall–Kier alpha value is -0.970. The van der Waals surface area contributed by atoms with Crippen LogP contribution in [0.4, 0.5) is 0 Å². The van der Waals surface area contributed by atoms with Crippen LogP contribution < -0.4 is 10.1 Å². The highest BCUT2D eigenvalue weighted by Gasteiger charge is 2.16. The molecule has 1 aliphatic rings. The third-order valence-corrected chi connectivity index (χ3v) is 2.90. The van der Waals surface area contributed by atoms with Crippen molar-refractivity contribution in [2.45, 2.75) is 0 Å². The third-order valence-electron chi connectivity index (χ3n) is 2.65. The lowest BCUT2D eigenvalue weighted by Crippen LogP contribution is -2.47. The van der Waals surface area contributed by atoms with Gasteiger partial charge >= 0.3 is 0 Å². The lowest BCUT2D eigenvalue weighted by atomic mass is 10.3. The van der Waals surface area contributed by atoms with Crippen LogP contribution in [-0.4, -0.2) is 43.6 Å². The van der Waals surface area contributed by atoms with E-state index in [1.165, 1.54) is 0 Å². The van der Waals surface area contributed by atoms with E-state index >= 15 is 0 Å². The fraction of sp³-hybridized carbons (Fsp3) is 0.417. The first-order chi connectivity index (χ1) is 8.25. The van der Waals surface area contributed by atoms with Gasteiger partial charge in [0.1, 0.15) is 5.75 Å². The molecule has 0 aromatic heterocycles. The number of rotatable bonds is 3. The maximum absolute atomic E-state index is 11.8. The predicted molar refractivity (Wildman–Crippen MR) is 73.6 cm³/mol. The second kappa shape index (κ2) is 7.46. The summed E-state index contributed by atoms with van der Waals surface area (Å²) < 4.78 is 5.41. The summed E-state index contributed by atoms with van der Waals surface area (Å²) >= 11 is 5.76. The zero-order valence-electron chi connectivity index (χ0n) is 9.89. The van der Waals surface area contributed by atoms with Crippen LogP contribution in [0, 0.1) is 0 Å². The normalized spacial score (nSPS) is 14.8. The van der Waals surface area contributed by atoms with Crippen LogP contribution in [0.25, 0.3) is 0 Å². The van der Waals surface area contributed by atoms with Gasteiger partial charge in [0, 0.05) is 31.2 Å². The second-order valence-corrected chi connectivity index (χ2v) is 4.31. The number of hydrogen-bond donors (Lipinski definition) is 1. The van der Waals surface area contributed by atoms with E-state index in [-0.39, 0.29) is 24.9 Å². The van der Waals surface area contributed by atoms with Crippen molar-refractivity contribution in [2.24, 2.45) is 0 Å². The Morgan fingerprint density at radius 1 is 1.28 bits per heavy atom. The van der Waals surface area contributed by atoms with Gasteiger partial charge in [-0.05, 0) is 24.3 Å². The fourth-order valence-corrected chi connectivity index (χ4v) is 1.81. The van der Waals surface area contributed by atoms with Crippen LogP contribution in [0.3, 0.4) is 0 Å². The molecule has 4 nitrogen and oxygen atoms in total. The highest BCUT2D eigenvalue weighted by Crippen LogP contribution is 2.15. The highest BCUT2D eigenvalue weighted by molar-refractivity contribution is 6.30. The molecule has 2 rings (SSSR count). The number of amides is 1. The van der Waals surface area contributed by atoms with E-state index in [9.17, 15) is 4.79 Å². The van der Waals surface area contributed by atoms with E-state index < -0.39 is 0 Å². The Balaban J connectivity index is 0.00000162. The highest BCUT2D eigenvalue weighted by atomic mass is 35.5. The molecule has 1 aliphatic heterocycles. The molecular weight excluding hydrogens is 275 g/mol. The average molecular weight is 291 g/mol. The minimum Gasteiger partial charge on any atom is -0.484 e. The number of hydrogen-bond acceptors (Lipinski definition) is 3. The van der Waals surface area contributed by atoms with Gasteiger partial charge in [-0.25, -0.2) is 0 Å². The van der Waals surface area contributed by atoms with Crippen molar-refractivity contribution in [1.82, 2.24) is 10.2 Å². The smallest absolute Gasteiger partial charge is 0.260 e. The van der Waals surface area contributed by atoms with Crippen LogP contribution in [0.15, 0.2) is 24.3 Å². The summed E-state index contributed by atoms with van der Waals surface area (Å²) in [4.78, 5) is 13.6. The molecule has 1 aromatic rings. The van der Waals surface area contributed by atoms with Crippen molar-refractivity contribution in [3.05, 3.63) is 29.3 Å². The molecule has 1 heterocycles. The predicted octanol–water partition coefficient (Wildman–Crippen LogP) is 1.57. The van der Waals surface area contributed by atoms with Crippen molar-refractivity contribution in [3.8, 4) is 5.75 Å². The van der Waals surface area contributed by atoms with E-state index in [4.69, 9.17) is 16.3 Å². The molecule has 6 heteroatoms. The molecule has 0 saturated carbocycles. The molecule has 18 heavy (non-hydrogen) atoms. The number of benzene rings is 1. The maximum atomic E-state index is 11.8. The minimum absolute atomic E-state index is 0. The Labute approximate surface area is 118 Å². The zero-order valence-corrected chi connectivity index (χ0v) is 11.5. The average Bonchev–Trinajstić information content (AvgIpc) is 2.39. The fourth-order valence-electron chi connectivity index (χ4n) is 1.68. The molecule has 0 aliphatic carbocycles. The summed E-state index contributed by atoms with van der Waals surface area (Å²) in [5.74, 6) is 0.694. The number of piperazine rings is 1. The van der Waals surface area contributed by atoms with Crippen LogP contribution >= 0.6 is 24.0 Å². The van der Waals surface area contributed by atoms with Gasteiger partial charge in [-0.2, -0.15) is 0 Å². The van der Waals surface area contributed by atoms with Gasteiger partial charge in [-0.3, -0.25) is 4.79 Å². The number of carbonyl (C=O) groups excluding carboxylic acids is 1. The van der Waals surface area contributed by atoms with Gasteiger partial charge < -0.3 is 15.0 Å². The topological polar surface area (TPSA) is 41.6 Å². The van der Waals surface area contributed by atoms with Gasteiger partial charge in [0.25, 0.3) is 5.91 Å². The molecule has 100 valence electrons. The van der Waals surface area contributed by atoms with Crippen molar-refractivity contribution >= 4 is 29.9 Å². The van der Waals surface area contributed by atoms with Crippen molar-refractivity contribution in [1.29, 1.82) is 0 Å². The summed E-state index contributed by atoms with van der Waals surface area (Å²) in [7, 11) is 0. The summed E-state index contributed by atoms with van der Waals surface area (Å²) in [5, 5.41) is 3.86. The third kappa shape index (κ3) is 4.37. The number of nitrogens with zero attached hydrogens (tertiary/aromatic N) is 1. The monoisotopic (exact) mass is 290 g/mol. The van der Waals surface area contributed by atoms with Crippen LogP contribution in [0.1, 0.15) is 0 Å². The molecule has 0 unspecified atom stereocenters. The first kappa shape index (κ1) is 15.1. The molecule has 1 aromatic carbocycles. The second-order valence-electron chi connectivity index (χ2n) is 3.87. The molecule has 0 atom stereocenters. The summed E-state index contributed by atoms with van der Waals surface area (Å²) in [5.41, 5.74) is 0. The maximum Gasteiger partial charge on any atom is 0.260 e. The van der Waals surface area contributed by atoms with Gasteiger partial charge in [-0.15, -0.1) is 12.4 Å². The Morgan fingerprint density at radius 2 is 1.89 bits per heavy atom. The zero-order chi connectivity index (χ0) is 12.1. The van der Waals surface area contributed by atoms with Crippen LogP contribution in [0.2, 0.25) is 5.02 Å².